The predicted molar refractivity (Wildman–Crippen MR) is 119 cm³/mol. The van der Waals surface area contributed by atoms with Crippen molar-refractivity contribution < 1.29 is 19.2 Å². The zero-order chi connectivity index (χ0) is 22.0. The fraction of sp³-hybridized carbons (Fsp3) is 0.143. The van der Waals surface area contributed by atoms with E-state index in [0.717, 1.165) is 14.9 Å². The van der Waals surface area contributed by atoms with Crippen LogP contribution in [0, 0.1) is 24.0 Å². The van der Waals surface area contributed by atoms with Crippen molar-refractivity contribution >= 4 is 49.8 Å². The minimum atomic E-state index is -0.581. The summed E-state index contributed by atoms with van der Waals surface area (Å²) in [6.45, 7) is 3.45. The fourth-order valence-corrected chi connectivity index (χ4v) is 4.34. The zero-order valence-corrected chi connectivity index (χ0v) is 18.7. The standard InChI is InChI=1S/C21H17BrN2O5S/c1-11-4-5-14(10-16(11)24(27)28)19(25)23-20-18(21(26)29-3)17(12(2)30-20)13-6-8-15(22)9-7-13/h4-10H,1-3H3,(H,23,25). The number of methoxy groups -OCH3 is 1. The number of rotatable bonds is 5. The van der Waals surface area contributed by atoms with Crippen LogP contribution >= 0.6 is 27.3 Å². The van der Waals surface area contributed by atoms with Crippen molar-refractivity contribution in [1.82, 2.24) is 0 Å². The van der Waals surface area contributed by atoms with E-state index >= 15 is 0 Å². The van der Waals surface area contributed by atoms with Gasteiger partial charge in [-0.05, 0) is 37.6 Å². The van der Waals surface area contributed by atoms with Gasteiger partial charge < -0.3 is 10.1 Å². The van der Waals surface area contributed by atoms with Crippen molar-refractivity contribution in [3.05, 3.63) is 78.6 Å². The van der Waals surface area contributed by atoms with E-state index < -0.39 is 16.8 Å². The number of ether oxygens (including phenoxy) is 1. The summed E-state index contributed by atoms with van der Waals surface area (Å²) in [6.07, 6.45) is 0. The topological polar surface area (TPSA) is 98.5 Å². The van der Waals surface area contributed by atoms with Gasteiger partial charge in [-0.15, -0.1) is 11.3 Å². The molecule has 1 heterocycles. The summed E-state index contributed by atoms with van der Waals surface area (Å²) in [4.78, 5) is 36.8. The maximum atomic E-state index is 12.8. The molecule has 154 valence electrons. The van der Waals surface area contributed by atoms with Crippen molar-refractivity contribution in [3.63, 3.8) is 0 Å². The molecule has 0 fully saturated rings. The Kier molecular flexibility index (Phi) is 6.33. The molecule has 0 unspecified atom stereocenters. The zero-order valence-electron chi connectivity index (χ0n) is 16.3. The van der Waals surface area contributed by atoms with E-state index in [0.29, 0.717) is 16.1 Å². The lowest BCUT2D eigenvalue weighted by molar-refractivity contribution is -0.385. The highest BCUT2D eigenvalue weighted by molar-refractivity contribution is 9.10. The second kappa shape index (κ2) is 8.76. The monoisotopic (exact) mass is 488 g/mol. The maximum Gasteiger partial charge on any atom is 0.341 e. The number of anilines is 1. The summed E-state index contributed by atoms with van der Waals surface area (Å²) in [5, 5.41) is 14.2. The minimum Gasteiger partial charge on any atom is -0.465 e. The number of carbonyl (C=O) groups excluding carboxylic acids is 2. The van der Waals surface area contributed by atoms with Crippen molar-refractivity contribution in [2.75, 3.05) is 12.4 Å². The van der Waals surface area contributed by atoms with Crippen molar-refractivity contribution in [2.24, 2.45) is 0 Å². The summed E-state index contributed by atoms with van der Waals surface area (Å²) in [5.41, 5.74) is 2.16. The molecule has 30 heavy (non-hydrogen) atoms. The van der Waals surface area contributed by atoms with Gasteiger partial charge in [-0.25, -0.2) is 4.79 Å². The number of carbonyl (C=O) groups is 2. The third-order valence-corrected chi connectivity index (χ3v) is 6.05. The molecule has 0 bridgehead atoms. The molecule has 0 aliphatic heterocycles. The molecule has 0 radical (unpaired) electrons. The van der Waals surface area contributed by atoms with E-state index in [4.69, 9.17) is 4.74 Å². The van der Waals surface area contributed by atoms with E-state index in [1.54, 1.807) is 6.92 Å². The largest absolute Gasteiger partial charge is 0.465 e. The molecule has 0 aliphatic carbocycles. The number of esters is 1. The molecule has 7 nitrogen and oxygen atoms in total. The van der Waals surface area contributed by atoms with Crippen LogP contribution in [0.2, 0.25) is 0 Å². The molecule has 9 heteroatoms. The number of benzene rings is 2. The van der Waals surface area contributed by atoms with Gasteiger partial charge in [-0.3, -0.25) is 14.9 Å². The first-order valence-electron chi connectivity index (χ1n) is 8.77. The first-order chi connectivity index (χ1) is 14.2. The van der Waals surface area contributed by atoms with Crippen LogP contribution in [-0.2, 0) is 4.74 Å². The number of hydrogen-bond donors (Lipinski definition) is 1. The highest BCUT2D eigenvalue weighted by Gasteiger charge is 2.26. The van der Waals surface area contributed by atoms with Crippen LogP contribution in [0.3, 0.4) is 0 Å². The Morgan fingerprint density at radius 1 is 1.13 bits per heavy atom. The van der Waals surface area contributed by atoms with E-state index in [9.17, 15) is 19.7 Å². The average Bonchev–Trinajstić information content (AvgIpc) is 3.03. The molecule has 0 spiro atoms. The van der Waals surface area contributed by atoms with Crippen LogP contribution in [-0.4, -0.2) is 23.9 Å². The van der Waals surface area contributed by atoms with Gasteiger partial charge in [0.15, 0.2) is 0 Å². The number of nitrogens with one attached hydrogen (secondary N) is 1. The number of nitro groups is 1. The Bertz CT molecular complexity index is 1150. The lowest BCUT2D eigenvalue weighted by atomic mass is 10.0. The third-order valence-electron chi connectivity index (χ3n) is 4.50. The van der Waals surface area contributed by atoms with Gasteiger partial charge in [0.1, 0.15) is 10.6 Å². The highest BCUT2D eigenvalue weighted by atomic mass is 79.9. The molecule has 3 aromatic rings. The van der Waals surface area contributed by atoms with Crippen LogP contribution in [0.25, 0.3) is 11.1 Å². The summed E-state index contributed by atoms with van der Waals surface area (Å²) in [6, 6.07) is 11.7. The first-order valence-corrected chi connectivity index (χ1v) is 10.4. The van der Waals surface area contributed by atoms with Gasteiger partial charge >= 0.3 is 5.97 Å². The summed E-state index contributed by atoms with van der Waals surface area (Å²) >= 11 is 4.63. The molecule has 0 atom stereocenters. The van der Waals surface area contributed by atoms with Crippen LogP contribution in [0.4, 0.5) is 10.7 Å². The number of nitro benzene ring substituents is 1. The number of amides is 1. The predicted octanol–water partition coefficient (Wildman–Crippen LogP) is 5.74. The number of hydrogen-bond acceptors (Lipinski definition) is 6. The molecule has 3 rings (SSSR count). The molecule has 0 saturated heterocycles. The van der Waals surface area contributed by atoms with Crippen molar-refractivity contribution in [2.45, 2.75) is 13.8 Å². The lowest BCUT2D eigenvalue weighted by Crippen LogP contribution is -2.14. The van der Waals surface area contributed by atoms with Gasteiger partial charge in [0.2, 0.25) is 0 Å². The van der Waals surface area contributed by atoms with Gasteiger partial charge in [0, 0.05) is 32.1 Å². The Balaban J connectivity index is 2.04. The van der Waals surface area contributed by atoms with Gasteiger partial charge in [0.05, 0.1) is 12.0 Å². The summed E-state index contributed by atoms with van der Waals surface area (Å²) in [5.74, 6) is -1.13. The number of halogens is 1. The summed E-state index contributed by atoms with van der Waals surface area (Å²) < 4.78 is 5.84. The Morgan fingerprint density at radius 2 is 1.80 bits per heavy atom. The highest BCUT2D eigenvalue weighted by Crippen LogP contribution is 2.41. The quantitative estimate of drug-likeness (QED) is 0.280. The van der Waals surface area contributed by atoms with Gasteiger partial charge in [-0.1, -0.05) is 34.1 Å². The molecule has 1 amide bonds. The lowest BCUT2D eigenvalue weighted by Gasteiger charge is -2.09. The second-order valence-electron chi connectivity index (χ2n) is 6.45. The number of nitrogens with zero attached hydrogens (tertiary/aromatic N) is 1. The third kappa shape index (κ3) is 4.27. The van der Waals surface area contributed by atoms with Crippen LogP contribution in [0.15, 0.2) is 46.9 Å². The molecule has 1 N–H and O–H groups in total. The van der Waals surface area contributed by atoms with Gasteiger partial charge in [-0.2, -0.15) is 0 Å². The minimum absolute atomic E-state index is 0.124. The fourth-order valence-electron chi connectivity index (χ4n) is 3.02. The normalized spacial score (nSPS) is 10.5. The Hall–Kier alpha value is -3.04. The number of aryl methyl sites for hydroxylation is 2. The van der Waals surface area contributed by atoms with E-state index in [-0.39, 0.29) is 16.8 Å². The van der Waals surface area contributed by atoms with Gasteiger partial charge in [0.25, 0.3) is 11.6 Å². The molecular weight excluding hydrogens is 472 g/mol. The van der Waals surface area contributed by atoms with Crippen molar-refractivity contribution in [1.29, 1.82) is 0 Å². The smallest absolute Gasteiger partial charge is 0.341 e. The van der Waals surface area contributed by atoms with E-state index in [1.165, 1.54) is 36.6 Å². The van der Waals surface area contributed by atoms with Crippen LogP contribution in [0.5, 0.6) is 0 Å². The molecule has 1 aromatic heterocycles. The van der Waals surface area contributed by atoms with E-state index in [1.807, 2.05) is 31.2 Å². The molecule has 2 aromatic carbocycles. The molecule has 0 saturated carbocycles. The SMILES string of the molecule is COC(=O)c1c(NC(=O)c2ccc(C)c([N+](=O)[O-])c2)sc(C)c1-c1ccc(Br)cc1. The number of thiophene rings is 1. The average molecular weight is 489 g/mol. The maximum absolute atomic E-state index is 12.8. The second-order valence-corrected chi connectivity index (χ2v) is 8.59. The molecule has 0 aliphatic rings. The summed E-state index contributed by atoms with van der Waals surface area (Å²) in [7, 11) is 1.27. The Morgan fingerprint density at radius 3 is 2.40 bits per heavy atom. The van der Waals surface area contributed by atoms with Crippen molar-refractivity contribution in [3.8, 4) is 11.1 Å². The van der Waals surface area contributed by atoms with Crippen LogP contribution in [0.1, 0.15) is 31.2 Å². The van der Waals surface area contributed by atoms with Crippen LogP contribution < -0.4 is 5.32 Å². The first kappa shape index (κ1) is 21.7. The Labute approximate surface area is 185 Å². The van der Waals surface area contributed by atoms with E-state index in [2.05, 4.69) is 21.2 Å². The molecular formula is C21H17BrN2O5S.